The molecule has 0 unspecified atom stereocenters. The summed E-state index contributed by atoms with van der Waals surface area (Å²) in [6, 6.07) is -0.601. The van der Waals surface area contributed by atoms with Crippen LogP contribution in [0.4, 0.5) is 0 Å². The Morgan fingerprint density at radius 3 is 0.972 bits per heavy atom. The third kappa shape index (κ3) is 37.2. The summed E-state index contributed by atoms with van der Waals surface area (Å²) in [5, 5.41) is 231. The number of aliphatic hydroxyl groups is 22. The number of aliphatic hydroxyl groups excluding tert-OH is 22. The first kappa shape index (κ1) is 123. The minimum atomic E-state index is -1.73. The summed E-state index contributed by atoms with van der Waals surface area (Å²) in [5.41, 5.74) is 3.94. The second kappa shape index (κ2) is 62.0. The van der Waals surface area contributed by atoms with Crippen LogP contribution in [0.2, 0.25) is 0 Å². The molecule has 0 aromatic rings. The number of nitrogens with two attached hydrogens (primary N) is 1. The molecule has 8 rings (SSSR count). The van der Waals surface area contributed by atoms with Crippen LogP contribution >= 0.6 is 0 Å². The van der Waals surface area contributed by atoms with Crippen molar-refractivity contribution in [3.05, 3.63) is 0 Å². The van der Waals surface area contributed by atoms with Gasteiger partial charge in [-0.2, -0.15) is 0 Å². The van der Waals surface area contributed by atoms with Gasteiger partial charge in [-0.3, -0.25) is 43.2 Å². The first-order valence-electron chi connectivity index (χ1n) is 49.5. The van der Waals surface area contributed by atoms with E-state index < -0.39 is 245 Å². The zero-order chi connectivity index (χ0) is 105. The second-order valence-electron chi connectivity index (χ2n) is 38.0. The molecule has 0 radical (unpaired) electrons. The monoisotopic (exact) mass is 2050 g/mol. The SMILES string of the molecule is CC(=O)[C@H](CCCCN)NC(=O)CCCCC(=O)N1CCC(CCC(=O)N(CCO[C@H]2O[C@H](CO)[C@@H](O)[C@H](O)[C@@H]2O)CCO[C@H]2O[C@H](CO)[C@@H](O)[C@H](O)[C@@H]2O)(CC(=O)NCCO[C@@H]2O[C@@H](C)[C@@H](O)[C@@H](O)[C@@H]2O)CC1.CCC(=O)CCCCCCC(=O)N1CCC(CCC(=O)N(CCO[C@H]2O[C@H](CO)[C@@H](O)[C@H](O)[C@@H]2O)CCO[C@H]2O[C@H](CO)[C@@H](O)[C@H](O)[C@@H]2O)(CC(=O)NCCO[C@@H]2O[C@@H](C)[C@@H](O)[C@@H](O)[C@@H]2O)CC1. The van der Waals surface area contributed by atoms with E-state index in [0.29, 0.717) is 96.7 Å². The molecule has 51 nitrogen and oxygen atoms in total. The molecule has 142 heavy (non-hydrogen) atoms. The summed E-state index contributed by atoms with van der Waals surface area (Å²) in [6.07, 6.45) is -35.6. The lowest BCUT2D eigenvalue weighted by atomic mass is 9.72. The number of ketones is 2. The minimum absolute atomic E-state index is 0.0126. The molecule has 0 saturated carbocycles. The molecule has 7 amide bonds. The van der Waals surface area contributed by atoms with Crippen LogP contribution in [0, 0.1) is 10.8 Å². The van der Waals surface area contributed by atoms with E-state index in [9.17, 15) is 155 Å². The van der Waals surface area contributed by atoms with Crippen molar-refractivity contribution in [2.24, 2.45) is 16.6 Å². The van der Waals surface area contributed by atoms with Crippen LogP contribution < -0.4 is 21.7 Å². The first-order valence-corrected chi connectivity index (χ1v) is 49.5. The maximum absolute atomic E-state index is 14.2. The number of likely N-dealkylation sites (tertiary alicyclic amines) is 2. The maximum Gasteiger partial charge on any atom is 0.222 e. The molecule has 8 aliphatic rings. The third-order valence-electron chi connectivity index (χ3n) is 27.7. The summed E-state index contributed by atoms with van der Waals surface area (Å²) < 4.78 is 66.4. The summed E-state index contributed by atoms with van der Waals surface area (Å²) in [6.45, 7) is 2.81. The molecule has 0 bridgehead atoms. The molecule has 0 aromatic heterocycles. The van der Waals surface area contributed by atoms with Crippen LogP contribution in [0.15, 0.2) is 0 Å². The molecular weight excluding hydrogens is 1890 g/mol. The molecule has 8 saturated heterocycles. The molecular formula is C91H160N8O43. The van der Waals surface area contributed by atoms with E-state index in [1.54, 1.807) is 9.80 Å². The lowest BCUT2D eigenvalue weighted by molar-refractivity contribution is -0.303. The smallest absolute Gasteiger partial charge is 0.222 e. The Bertz CT molecular complexity index is 3650. The molecule has 51 heteroatoms. The second-order valence-corrected chi connectivity index (χ2v) is 38.0. The Hall–Kier alpha value is -5.77. The number of nitrogens with one attached hydrogen (secondary N) is 3. The highest BCUT2D eigenvalue weighted by atomic mass is 16.7. The fourth-order valence-electron chi connectivity index (χ4n) is 18.2. The zero-order valence-electron chi connectivity index (χ0n) is 81.5. The van der Waals surface area contributed by atoms with Gasteiger partial charge < -0.3 is 210 Å². The Morgan fingerprint density at radius 2 is 0.662 bits per heavy atom. The molecule has 8 fully saturated rings. The average molecular weight is 2050 g/mol. The van der Waals surface area contributed by atoms with Crippen molar-refractivity contribution in [3.63, 3.8) is 0 Å². The summed E-state index contributed by atoms with van der Waals surface area (Å²) in [7, 11) is 0. The maximum atomic E-state index is 14.2. The predicted molar refractivity (Wildman–Crippen MR) is 486 cm³/mol. The Kier molecular flexibility index (Phi) is 53.8. The fraction of sp³-hybridized carbons (Fsp3) is 0.901. The summed E-state index contributed by atoms with van der Waals surface area (Å²) in [4.78, 5) is 125. The van der Waals surface area contributed by atoms with Crippen molar-refractivity contribution < 1.29 is 212 Å². The number of hydrogen-bond acceptors (Lipinski definition) is 44. The number of ether oxygens (including phenoxy) is 12. The third-order valence-corrected chi connectivity index (χ3v) is 27.7. The first-order chi connectivity index (χ1) is 67.5. The van der Waals surface area contributed by atoms with Crippen LogP contribution in [0.1, 0.15) is 182 Å². The number of piperidine rings is 2. The van der Waals surface area contributed by atoms with Gasteiger partial charge in [0.25, 0.3) is 0 Å². The van der Waals surface area contributed by atoms with Crippen LogP contribution in [-0.2, 0) is 100.0 Å². The molecule has 8 aliphatic heterocycles. The minimum Gasteiger partial charge on any atom is -0.394 e. The normalized spacial score (nSPS) is 33.3. The van der Waals surface area contributed by atoms with E-state index in [1.807, 2.05) is 6.92 Å². The number of unbranched alkanes of at least 4 members (excludes halogenated alkanes) is 5. The van der Waals surface area contributed by atoms with Crippen LogP contribution in [0.5, 0.6) is 0 Å². The molecule has 8 heterocycles. The molecule has 0 aromatic carbocycles. The number of amides is 7. The van der Waals surface area contributed by atoms with Crippen molar-refractivity contribution in [2.45, 2.75) is 372 Å². The van der Waals surface area contributed by atoms with Crippen molar-refractivity contribution >= 4 is 52.9 Å². The van der Waals surface area contributed by atoms with Crippen molar-refractivity contribution in [3.8, 4) is 0 Å². The summed E-state index contributed by atoms with van der Waals surface area (Å²) >= 11 is 0. The Balaban J connectivity index is 0.000000387. The van der Waals surface area contributed by atoms with Gasteiger partial charge in [-0.25, -0.2) is 0 Å². The standard InChI is InChI=1S/C47H83N5O22.C44H77N3O21/c1-26(55)28(7-5-6-14-48)50-31(56)8-3-4-9-33(58)51-16-12-47(13-17-51,23-32(57)49-15-20-69-44-41(66)38(63)35(60)27(2)72-44)11-10-34(59)52(18-21-70-45-42(67)39(64)36(61)29(24-53)73-45)19-22-71-46-43(68)40(65)37(62)30(25-54)74-46;1-3-26(50)8-6-4-5-7-9-30(52)46-15-12-44(13-16-46,22-29(51)45-14-19-63-41-38(60)35(57)32(54)25(2)66-41)11-10-31(53)47(17-20-64-42-39(61)36(58)33(55)27(23-48)67-42)18-21-65-43-40(62)37(59)34(56)28(24-49)68-43/h27-30,35-46,53-54,60-68H,3-25,48H2,1-2H3,(H,49,57)(H,50,56);25,27-28,32-43,48-49,54-62H,3-24H2,1-2H3,(H,45,51)/t27-,28-,29+,30+,35+,36+,37+,38+,39-,40-,41-,42-,43-,44+,45-,46-;25-,27+,28+,32+,33+,34+,35+,36-,37-,38-,39-,40-,41+,42-,43-/m00/s1. The average Bonchev–Trinajstić information content (AvgIpc) is 0.825. The lowest BCUT2D eigenvalue weighted by Gasteiger charge is -2.42. The Morgan fingerprint density at radius 1 is 0.366 bits per heavy atom. The van der Waals surface area contributed by atoms with Crippen molar-refractivity contribution in [1.82, 2.24) is 35.6 Å². The number of carbonyl (C=O) groups is 9. The summed E-state index contributed by atoms with van der Waals surface area (Å²) in [5.74, 6) is -2.15. The number of hydrogen-bond donors (Lipinski definition) is 26. The van der Waals surface area contributed by atoms with Crippen LogP contribution in [0.25, 0.3) is 0 Å². The van der Waals surface area contributed by atoms with Crippen LogP contribution in [0.3, 0.4) is 0 Å². The van der Waals surface area contributed by atoms with E-state index in [0.717, 1.165) is 25.7 Å². The Labute approximate surface area is 824 Å². The number of nitrogens with zero attached hydrogens (tertiary/aromatic N) is 4. The topological polar surface area (TPSA) is 785 Å². The fourth-order valence-corrected chi connectivity index (χ4v) is 18.2. The van der Waals surface area contributed by atoms with Gasteiger partial charge in [-0.15, -0.1) is 0 Å². The molecule has 31 atom stereocenters. The van der Waals surface area contributed by atoms with Gasteiger partial charge in [0.2, 0.25) is 41.4 Å². The largest absolute Gasteiger partial charge is 0.394 e. The zero-order valence-corrected chi connectivity index (χ0v) is 81.5. The number of carbonyl (C=O) groups excluding carboxylic acids is 9. The van der Waals surface area contributed by atoms with Gasteiger partial charge in [0, 0.05) is 123 Å². The molecule has 0 aliphatic carbocycles. The van der Waals surface area contributed by atoms with E-state index >= 15 is 0 Å². The van der Waals surface area contributed by atoms with Gasteiger partial charge in [0.05, 0.1) is 84.3 Å². The van der Waals surface area contributed by atoms with E-state index in [4.69, 9.17) is 62.6 Å². The van der Waals surface area contributed by atoms with E-state index in [-0.39, 0.29) is 179 Å². The highest BCUT2D eigenvalue weighted by molar-refractivity contribution is 5.87. The molecule has 27 N–H and O–H groups in total. The number of Topliss-reactive ketones (excluding diaryl/α,β-unsaturated/α-hetero) is 2. The van der Waals surface area contributed by atoms with Gasteiger partial charge in [-0.05, 0) is 122 Å². The highest BCUT2D eigenvalue weighted by Crippen LogP contribution is 2.43. The number of rotatable bonds is 57. The van der Waals surface area contributed by atoms with Crippen molar-refractivity contribution in [1.29, 1.82) is 0 Å². The van der Waals surface area contributed by atoms with Gasteiger partial charge in [0.15, 0.2) is 43.5 Å². The quantitative estimate of drug-likeness (QED) is 0.0251. The van der Waals surface area contributed by atoms with E-state index in [2.05, 4.69) is 16.0 Å². The molecule has 0 spiro atoms. The van der Waals surface area contributed by atoms with E-state index in [1.165, 1.54) is 30.6 Å². The molecule has 822 valence electrons. The highest BCUT2D eigenvalue weighted by Gasteiger charge is 2.51. The van der Waals surface area contributed by atoms with Gasteiger partial charge in [-0.1, -0.05) is 19.8 Å². The van der Waals surface area contributed by atoms with Crippen molar-refractivity contribution in [2.75, 3.05) is 138 Å². The van der Waals surface area contributed by atoms with Gasteiger partial charge in [0.1, 0.15) is 140 Å². The lowest BCUT2D eigenvalue weighted by Crippen LogP contribution is -2.59. The van der Waals surface area contributed by atoms with Gasteiger partial charge >= 0.3 is 0 Å². The van der Waals surface area contributed by atoms with Crippen LogP contribution in [-0.4, -0.2) is 513 Å². The predicted octanol–water partition coefficient (Wildman–Crippen LogP) is -10.5.